The molecule has 1 aliphatic heterocycles. The highest BCUT2D eigenvalue weighted by Gasteiger charge is 2.51. The van der Waals surface area contributed by atoms with Crippen molar-refractivity contribution in [3.8, 4) is 0 Å². The Morgan fingerprint density at radius 1 is 1.14 bits per heavy atom. The number of nitrogens with zero attached hydrogens (tertiary/aromatic N) is 4. The number of carbonyl (C=O) groups excluding carboxylic acids is 3. The van der Waals surface area contributed by atoms with E-state index < -0.39 is 42.4 Å². The van der Waals surface area contributed by atoms with E-state index in [1.165, 1.54) is 31.8 Å². The van der Waals surface area contributed by atoms with Crippen LogP contribution < -0.4 is 5.73 Å². The quantitative estimate of drug-likeness (QED) is 0.330. The molecular formula is C16H18IN5O7. The molecule has 3 rings (SSSR count). The molecule has 0 spiro atoms. The summed E-state index contributed by atoms with van der Waals surface area (Å²) in [5, 5.41) is 4.90. The molecule has 0 bridgehead atoms. The fourth-order valence-corrected chi connectivity index (χ4v) is 3.77. The average molecular weight is 519 g/mol. The van der Waals surface area contributed by atoms with Crippen molar-refractivity contribution in [2.24, 2.45) is 0 Å². The van der Waals surface area contributed by atoms with E-state index in [-0.39, 0.29) is 12.4 Å². The van der Waals surface area contributed by atoms with E-state index in [0.29, 0.717) is 14.7 Å². The molecule has 0 saturated carbocycles. The number of ether oxygens (including phenoxy) is 4. The first-order valence-electron chi connectivity index (χ1n) is 8.46. The van der Waals surface area contributed by atoms with Gasteiger partial charge in [0.2, 0.25) is 0 Å². The fraction of sp³-hybridized carbons (Fsp3) is 0.500. The summed E-state index contributed by atoms with van der Waals surface area (Å²) in [6, 6.07) is 0. The zero-order chi connectivity index (χ0) is 21.3. The van der Waals surface area contributed by atoms with Crippen LogP contribution in [-0.4, -0.2) is 62.6 Å². The summed E-state index contributed by atoms with van der Waals surface area (Å²) in [4.78, 5) is 42.7. The van der Waals surface area contributed by atoms with Crippen LogP contribution in [0.5, 0.6) is 0 Å². The zero-order valence-corrected chi connectivity index (χ0v) is 17.9. The predicted molar refractivity (Wildman–Crippen MR) is 104 cm³/mol. The van der Waals surface area contributed by atoms with Gasteiger partial charge in [0, 0.05) is 20.8 Å². The van der Waals surface area contributed by atoms with Crippen LogP contribution in [0.3, 0.4) is 0 Å². The third-order valence-electron chi connectivity index (χ3n) is 4.06. The Morgan fingerprint density at radius 2 is 1.79 bits per heavy atom. The second kappa shape index (κ2) is 8.44. The smallest absolute Gasteiger partial charge is 0.303 e. The molecule has 1 fully saturated rings. The molecule has 0 aliphatic carbocycles. The van der Waals surface area contributed by atoms with Gasteiger partial charge in [-0.15, -0.1) is 0 Å². The minimum Gasteiger partial charge on any atom is -0.463 e. The second-order valence-corrected chi connectivity index (χ2v) is 7.23. The summed E-state index contributed by atoms with van der Waals surface area (Å²) in [5.41, 5.74) is 6.27. The lowest BCUT2D eigenvalue weighted by molar-refractivity contribution is -0.166. The van der Waals surface area contributed by atoms with E-state index in [0.717, 1.165) is 0 Å². The molecule has 3 heterocycles. The molecule has 156 valence electrons. The van der Waals surface area contributed by atoms with E-state index in [2.05, 4.69) is 15.1 Å². The van der Waals surface area contributed by atoms with Crippen LogP contribution >= 0.6 is 22.6 Å². The Kier molecular flexibility index (Phi) is 6.16. The van der Waals surface area contributed by atoms with Gasteiger partial charge in [-0.25, -0.2) is 14.6 Å². The highest BCUT2D eigenvalue weighted by atomic mass is 127. The van der Waals surface area contributed by atoms with Gasteiger partial charge < -0.3 is 24.7 Å². The molecule has 2 aromatic rings. The van der Waals surface area contributed by atoms with Crippen LogP contribution in [0.2, 0.25) is 0 Å². The fourth-order valence-electron chi connectivity index (χ4n) is 3.02. The Bertz CT molecular complexity index is 965. The summed E-state index contributed by atoms with van der Waals surface area (Å²) in [5.74, 6) is -1.55. The number of carbonyl (C=O) groups is 3. The minimum absolute atomic E-state index is 0.213. The normalized spacial score (nSPS) is 23.7. The SMILES string of the molecule is CC(=O)OC[C@@H]1O[C@@H](n2nc(I)c3c(N)ncnc32)[C@H](OC(C)=O)[C@@H]1OC(C)=O. The van der Waals surface area contributed by atoms with Crippen molar-refractivity contribution in [2.75, 3.05) is 12.3 Å². The maximum atomic E-state index is 11.7. The van der Waals surface area contributed by atoms with E-state index in [1.54, 1.807) is 0 Å². The molecule has 0 amide bonds. The molecule has 29 heavy (non-hydrogen) atoms. The third kappa shape index (κ3) is 4.39. The number of halogens is 1. The minimum atomic E-state index is -1.06. The topological polar surface area (TPSA) is 158 Å². The molecule has 0 unspecified atom stereocenters. The molecular weight excluding hydrogens is 501 g/mol. The van der Waals surface area contributed by atoms with Crippen LogP contribution in [0.15, 0.2) is 6.33 Å². The van der Waals surface area contributed by atoms with Crippen molar-refractivity contribution in [3.05, 3.63) is 10.0 Å². The Balaban J connectivity index is 2.05. The van der Waals surface area contributed by atoms with E-state index in [4.69, 9.17) is 24.7 Å². The monoisotopic (exact) mass is 519 g/mol. The van der Waals surface area contributed by atoms with Gasteiger partial charge in [0.15, 0.2) is 24.1 Å². The van der Waals surface area contributed by atoms with Crippen LogP contribution in [0.25, 0.3) is 11.0 Å². The molecule has 0 radical (unpaired) electrons. The summed E-state index contributed by atoms with van der Waals surface area (Å²) in [6.07, 6.45) is -2.73. The van der Waals surface area contributed by atoms with Gasteiger partial charge in [-0.05, 0) is 22.6 Å². The lowest BCUT2D eigenvalue weighted by Gasteiger charge is -2.23. The molecule has 0 aromatic carbocycles. The van der Waals surface area contributed by atoms with Gasteiger partial charge in [0.25, 0.3) is 0 Å². The maximum Gasteiger partial charge on any atom is 0.303 e. The van der Waals surface area contributed by atoms with Crippen molar-refractivity contribution >= 4 is 57.4 Å². The Hall–Kier alpha value is -2.55. The second-order valence-electron chi connectivity index (χ2n) is 6.21. The largest absolute Gasteiger partial charge is 0.463 e. The molecule has 2 N–H and O–H groups in total. The van der Waals surface area contributed by atoms with Gasteiger partial charge >= 0.3 is 17.9 Å². The summed E-state index contributed by atoms with van der Waals surface area (Å²) in [7, 11) is 0. The first-order chi connectivity index (χ1) is 13.7. The van der Waals surface area contributed by atoms with Crippen molar-refractivity contribution in [1.29, 1.82) is 0 Å². The number of aromatic nitrogens is 4. The van der Waals surface area contributed by atoms with Gasteiger partial charge in [0.1, 0.15) is 28.6 Å². The summed E-state index contributed by atoms with van der Waals surface area (Å²) in [6.45, 7) is 3.45. The van der Waals surface area contributed by atoms with Gasteiger partial charge in [-0.2, -0.15) is 5.10 Å². The van der Waals surface area contributed by atoms with Gasteiger partial charge in [0.05, 0.1) is 5.39 Å². The molecule has 1 saturated heterocycles. The number of hydrogen-bond acceptors (Lipinski definition) is 11. The van der Waals surface area contributed by atoms with E-state index in [1.807, 2.05) is 22.6 Å². The molecule has 12 nitrogen and oxygen atoms in total. The van der Waals surface area contributed by atoms with Crippen molar-refractivity contribution < 1.29 is 33.3 Å². The number of anilines is 1. The Morgan fingerprint density at radius 3 is 2.41 bits per heavy atom. The lowest BCUT2D eigenvalue weighted by Crippen LogP contribution is -2.40. The highest BCUT2D eigenvalue weighted by Crippen LogP contribution is 2.36. The highest BCUT2D eigenvalue weighted by molar-refractivity contribution is 14.1. The predicted octanol–water partition coefficient (Wildman–Crippen LogP) is 0.337. The first-order valence-corrected chi connectivity index (χ1v) is 9.54. The number of nitrogens with two attached hydrogens (primary N) is 1. The third-order valence-corrected chi connectivity index (χ3v) is 4.81. The standard InChI is InChI=1S/C16H18IN5O7/c1-6(23)26-4-9-11(27-7(2)24)12(28-8(3)25)16(29-9)22-15-10(13(17)21-22)14(18)19-5-20-15/h5,9,11-12,16H,4H2,1-3H3,(H2,18,19,20)/t9-,11+,12+,16+/m0/s1. The van der Waals surface area contributed by atoms with Crippen LogP contribution in [0, 0.1) is 3.70 Å². The Labute approximate surface area is 178 Å². The van der Waals surface area contributed by atoms with Crippen molar-refractivity contribution in [2.45, 2.75) is 45.3 Å². The van der Waals surface area contributed by atoms with Gasteiger partial charge in [-0.1, -0.05) is 0 Å². The number of hydrogen-bond donors (Lipinski definition) is 1. The zero-order valence-electron chi connectivity index (χ0n) is 15.7. The van der Waals surface area contributed by atoms with Crippen LogP contribution in [0.4, 0.5) is 5.82 Å². The van der Waals surface area contributed by atoms with Crippen LogP contribution in [-0.2, 0) is 33.3 Å². The lowest BCUT2D eigenvalue weighted by atomic mass is 10.1. The van der Waals surface area contributed by atoms with Crippen molar-refractivity contribution in [3.63, 3.8) is 0 Å². The summed E-state index contributed by atoms with van der Waals surface area (Å²) < 4.78 is 23.6. The number of nitrogen functional groups attached to an aromatic ring is 1. The van der Waals surface area contributed by atoms with E-state index in [9.17, 15) is 14.4 Å². The van der Waals surface area contributed by atoms with E-state index >= 15 is 0 Å². The van der Waals surface area contributed by atoms with Crippen LogP contribution in [0.1, 0.15) is 27.0 Å². The average Bonchev–Trinajstić information content (AvgIpc) is 3.11. The molecule has 4 atom stereocenters. The molecule has 2 aromatic heterocycles. The first kappa shape index (κ1) is 21.2. The maximum absolute atomic E-state index is 11.7. The van der Waals surface area contributed by atoms with Crippen molar-refractivity contribution in [1.82, 2.24) is 19.7 Å². The summed E-state index contributed by atoms with van der Waals surface area (Å²) >= 11 is 1.97. The molecule has 13 heteroatoms. The van der Waals surface area contributed by atoms with Gasteiger partial charge in [-0.3, -0.25) is 14.4 Å². The number of esters is 3. The number of rotatable bonds is 5. The number of fused-ring (bicyclic) bond motifs is 1. The molecule has 1 aliphatic rings.